The molecule has 1 aromatic rings. The third-order valence-corrected chi connectivity index (χ3v) is 3.78. The lowest BCUT2D eigenvalue weighted by Gasteiger charge is -2.22. The summed E-state index contributed by atoms with van der Waals surface area (Å²) in [6.07, 6.45) is 0.141. The van der Waals surface area contributed by atoms with Gasteiger partial charge < -0.3 is 19.7 Å². The van der Waals surface area contributed by atoms with Crippen molar-refractivity contribution in [1.82, 2.24) is 9.97 Å². The zero-order valence-electron chi connectivity index (χ0n) is 13.8. The molecule has 118 valence electrons. The van der Waals surface area contributed by atoms with Crippen LogP contribution < -0.4 is 10.2 Å². The number of nitrogens with one attached hydrogen (secondary N) is 1. The van der Waals surface area contributed by atoms with E-state index < -0.39 is 0 Å². The van der Waals surface area contributed by atoms with Gasteiger partial charge in [0.15, 0.2) is 0 Å². The molecule has 2 rings (SSSR count). The minimum Gasteiger partial charge on any atom is -0.377 e. The van der Waals surface area contributed by atoms with Crippen molar-refractivity contribution in [1.29, 1.82) is 0 Å². The van der Waals surface area contributed by atoms with Gasteiger partial charge in [-0.25, -0.2) is 9.97 Å². The van der Waals surface area contributed by atoms with E-state index in [4.69, 9.17) is 14.5 Å². The first-order chi connectivity index (χ1) is 9.88. The summed E-state index contributed by atoms with van der Waals surface area (Å²) < 4.78 is 11.0. The standard InChI is InChI=1S/C15H26N4O2/c1-15(2,3)14-17-12(16-4)7-13(18-14)19-8-10(20-5)11(9-19)21-6/h7,10-11H,8-9H2,1-6H3,(H,16,17,18). The molecule has 0 saturated carbocycles. The fourth-order valence-electron chi connectivity index (χ4n) is 2.44. The van der Waals surface area contributed by atoms with Crippen molar-refractivity contribution in [3.05, 3.63) is 11.9 Å². The van der Waals surface area contributed by atoms with Crippen LogP contribution >= 0.6 is 0 Å². The number of methoxy groups -OCH3 is 2. The summed E-state index contributed by atoms with van der Waals surface area (Å²) in [5.41, 5.74) is -0.0946. The molecule has 0 radical (unpaired) electrons. The summed E-state index contributed by atoms with van der Waals surface area (Å²) >= 11 is 0. The predicted octanol–water partition coefficient (Wildman–Crippen LogP) is 1.67. The van der Waals surface area contributed by atoms with Crippen LogP contribution in [0, 0.1) is 0 Å². The van der Waals surface area contributed by atoms with Gasteiger partial charge in [-0.2, -0.15) is 0 Å². The van der Waals surface area contributed by atoms with Crippen molar-refractivity contribution in [2.45, 2.75) is 38.4 Å². The van der Waals surface area contributed by atoms with Crippen LogP contribution in [0.25, 0.3) is 0 Å². The molecule has 1 aliphatic heterocycles. The lowest BCUT2D eigenvalue weighted by atomic mass is 9.96. The SMILES string of the molecule is CNc1cc(N2CC(OC)C(OC)C2)nc(C(C)(C)C)n1. The van der Waals surface area contributed by atoms with Crippen LogP contribution in [0.5, 0.6) is 0 Å². The Morgan fingerprint density at radius 3 is 2.14 bits per heavy atom. The number of nitrogens with zero attached hydrogens (tertiary/aromatic N) is 3. The third kappa shape index (κ3) is 3.44. The monoisotopic (exact) mass is 294 g/mol. The number of rotatable bonds is 4. The van der Waals surface area contributed by atoms with Crippen molar-refractivity contribution in [2.24, 2.45) is 0 Å². The minimum atomic E-state index is -0.0946. The van der Waals surface area contributed by atoms with Gasteiger partial charge in [-0.05, 0) is 0 Å². The fourth-order valence-corrected chi connectivity index (χ4v) is 2.44. The zero-order valence-corrected chi connectivity index (χ0v) is 13.8. The molecule has 0 amide bonds. The fraction of sp³-hybridized carbons (Fsp3) is 0.733. The summed E-state index contributed by atoms with van der Waals surface area (Å²) in [4.78, 5) is 11.5. The molecule has 1 N–H and O–H groups in total. The summed E-state index contributed by atoms with van der Waals surface area (Å²) in [6, 6.07) is 1.97. The highest BCUT2D eigenvalue weighted by Crippen LogP contribution is 2.27. The molecule has 2 atom stereocenters. The molecule has 1 aromatic heterocycles. The Morgan fingerprint density at radius 1 is 1.14 bits per heavy atom. The maximum atomic E-state index is 5.49. The van der Waals surface area contributed by atoms with E-state index in [0.717, 1.165) is 30.5 Å². The maximum absolute atomic E-state index is 5.49. The summed E-state index contributed by atoms with van der Waals surface area (Å²) in [5.74, 6) is 2.58. The molecule has 1 fully saturated rings. The van der Waals surface area contributed by atoms with E-state index in [-0.39, 0.29) is 17.6 Å². The molecule has 2 unspecified atom stereocenters. The van der Waals surface area contributed by atoms with Crippen LogP contribution in [0.1, 0.15) is 26.6 Å². The lowest BCUT2D eigenvalue weighted by Crippen LogP contribution is -2.27. The van der Waals surface area contributed by atoms with E-state index in [1.807, 2.05) is 13.1 Å². The lowest BCUT2D eigenvalue weighted by molar-refractivity contribution is -0.00461. The van der Waals surface area contributed by atoms with Crippen LogP contribution in [-0.4, -0.2) is 56.5 Å². The average molecular weight is 294 g/mol. The maximum Gasteiger partial charge on any atom is 0.138 e. The van der Waals surface area contributed by atoms with E-state index in [0.29, 0.717) is 0 Å². The van der Waals surface area contributed by atoms with E-state index in [9.17, 15) is 0 Å². The molecular weight excluding hydrogens is 268 g/mol. The van der Waals surface area contributed by atoms with Gasteiger partial charge in [0, 0.05) is 45.8 Å². The minimum absolute atomic E-state index is 0.0705. The van der Waals surface area contributed by atoms with Gasteiger partial charge in [0.25, 0.3) is 0 Å². The molecule has 6 heteroatoms. The first kappa shape index (κ1) is 16.0. The Labute approximate surface area is 126 Å². The van der Waals surface area contributed by atoms with Gasteiger partial charge in [0.05, 0.1) is 0 Å². The average Bonchev–Trinajstić information content (AvgIpc) is 2.89. The number of ether oxygens (including phenoxy) is 2. The largest absolute Gasteiger partial charge is 0.377 e. The topological polar surface area (TPSA) is 59.5 Å². The Balaban J connectivity index is 2.31. The van der Waals surface area contributed by atoms with Crippen LogP contribution in [0.15, 0.2) is 6.07 Å². The second-order valence-corrected chi connectivity index (χ2v) is 6.39. The van der Waals surface area contributed by atoms with Crippen LogP contribution in [0.4, 0.5) is 11.6 Å². The smallest absolute Gasteiger partial charge is 0.138 e. The number of hydrogen-bond donors (Lipinski definition) is 1. The van der Waals surface area contributed by atoms with Crippen molar-refractivity contribution in [3.8, 4) is 0 Å². The van der Waals surface area contributed by atoms with Crippen LogP contribution in [-0.2, 0) is 14.9 Å². The molecule has 2 heterocycles. The second kappa shape index (κ2) is 6.15. The van der Waals surface area contributed by atoms with Gasteiger partial charge in [-0.15, -0.1) is 0 Å². The summed E-state index contributed by atoms with van der Waals surface area (Å²) in [7, 11) is 5.32. The van der Waals surface area contributed by atoms with Gasteiger partial charge in [-0.1, -0.05) is 20.8 Å². The van der Waals surface area contributed by atoms with Gasteiger partial charge in [0.2, 0.25) is 0 Å². The van der Waals surface area contributed by atoms with Crippen molar-refractivity contribution in [2.75, 3.05) is 44.6 Å². The van der Waals surface area contributed by atoms with E-state index in [1.54, 1.807) is 14.2 Å². The van der Waals surface area contributed by atoms with E-state index in [2.05, 4.69) is 36.0 Å². The molecule has 0 aliphatic carbocycles. The molecule has 1 aliphatic rings. The zero-order chi connectivity index (χ0) is 15.6. The van der Waals surface area contributed by atoms with Gasteiger partial charge in [0.1, 0.15) is 29.7 Å². The molecule has 0 aromatic carbocycles. The van der Waals surface area contributed by atoms with Crippen LogP contribution in [0.3, 0.4) is 0 Å². The second-order valence-electron chi connectivity index (χ2n) is 6.39. The normalized spacial score (nSPS) is 22.7. The van der Waals surface area contributed by atoms with E-state index in [1.165, 1.54) is 0 Å². The van der Waals surface area contributed by atoms with E-state index >= 15 is 0 Å². The molecule has 1 saturated heterocycles. The quantitative estimate of drug-likeness (QED) is 0.911. The molecule has 21 heavy (non-hydrogen) atoms. The predicted molar refractivity (Wildman–Crippen MR) is 84.1 cm³/mol. The Morgan fingerprint density at radius 2 is 1.71 bits per heavy atom. The third-order valence-electron chi connectivity index (χ3n) is 3.78. The summed E-state index contributed by atoms with van der Waals surface area (Å²) in [6.45, 7) is 7.90. The van der Waals surface area contributed by atoms with Gasteiger partial charge in [-0.3, -0.25) is 0 Å². The highest BCUT2D eigenvalue weighted by Gasteiger charge is 2.34. The van der Waals surface area contributed by atoms with Crippen LogP contribution in [0.2, 0.25) is 0 Å². The molecule has 6 nitrogen and oxygen atoms in total. The number of anilines is 2. The Bertz CT molecular complexity index is 475. The first-order valence-corrected chi connectivity index (χ1v) is 7.27. The molecule has 0 bridgehead atoms. The van der Waals surface area contributed by atoms with Crippen molar-refractivity contribution in [3.63, 3.8) is 0 Å². The Kier molecular flexibility index (Phi) is 4.68. The highest BCUT2D eigenvalue weighted by molar-refractivity contribution is 5.51. The van der Waals surface area contributed by atoms with Gasteiger partial charge >= 0.3 is 0 Å². The highest BCUT2D eigenvalue weighted by atomic mass is 16.5. The number of aromatic nitrogens is 2. The van der Waals surface area contributed by atoms with Crippen molar-refractivity contribution >= 4 is 11.6 Å². The first-order valence-electron chi connectivity index (χ1n) is 7.27. The number of hydrogen-bond acceptors (Lipinski definition) is 6. The Hall–Kier alpha value is -1.40. The molecule has 0 spiro atoms. The summed E-state index contributed by atoms with van der Waals surface area (Å²) in [5, 5.41) is 3.11. The van der Waals surface area contributed by atoms with Crippen molar-refractivity contribution < 1.29 is 9.47 Å². The molecular formula is C15H26N4O2.